The van der Waals surface area contributed by atoms with Gasteiger partial charge in [0.2, 0.25) is 0 Å². The van der Waals surface area contributed by atoms with Crippen molar-refractivity contribution >= 4 is 5.69 Å². The molecule has 2 N–H and O–H groups in total. The highest BCUT2D eigenvalue weighted by Gasteiger charge is 2.02. The fraction of sp³-hybridized carbons (Fsp3) is 0. The topological polar surface area (TPSA) is 69.1 Å². The molecule has 14 heavy (non-hydrogen) atoms. The van der Waals surface area contributed by atoms with E-state index in [-0.39, 0.29) is 5.69 Å². The minimum absolute atomic E-state index is 0.102. The summed E-state index contributed by atoms with van der Waals surface area (Å²) in [4.78, 5) is 15.1. The van der Waals surface area contributed by atoms with Crippen LogP contribution in [0.1, 0.15) is 0 Å². The molecular weight excluding hydrogens is 180 g/mol. The molecule has 0 saturated heterocycles. The summed E-state index contributed by atoms with van der Waals surface area (Å²) in [6.45, 7) is 0. The predicted molar refractivity (Wildman–Crippen MR) is 52.6 cm³/mol. The largest absolute Gasteiger partial charge is 0.420 e. The van der Waals surface area contributed by atoms with Gasteiger partial charge in [0.15, 0.2) is 5.76 Å². The Morgan fingerprint density at radius 2 is 2.07 bits per heavy atom. The van der Waals surface area contributed by atoms with Crippen molar-refractivity contribution in [2.75, 3.05) is 5.73 Å². The summed E-state index contributed by atoms with van der Waals surface area (Å²) in [6.07, 6.45) is 1.63. The number of aromatic nitrogens is 1. The van der Waals surface area contributed by atoms with Crippen LogP contribution in [-0.2, 0) is 0 Å². The van der Waals surface area contributed by atoms with Gasteiger partial charge in [-0.2, -0.15) is 0 Å². The lowest BCUT2D eigenvalue weighted by Crippen LogP contribution is -2.05. The van der Waals surface area contributed by atoms with E-state index < -0.39 is 5.63 Å². The Labute approximate surface area is 80.0 Å². The zero-order chi connectivity index (χ0) is 9.97. The van der Waals surface area contributed by atoms with E-state index in [9.17, 15) is 4.79 Å². The van der Waals surface area contributed by atoms with Crippen molar-refractivity contribution in [3.8, 4) is 11.5 Å². The fourth-order valence-electron chi connectivity index (χ4n) is 1.07. The first-order valence-corrected chi connectivity index (χ1v) is 4.08. The maximum Gasteiger partial charge on any atom is 0.359 e. The maximum atomic E-state index is 11.1. The molecule has 4 nitrogen and oxygen atoms in total. The summed E-state index contributed by atoms with van der Waals surface area (Å²) in [7, 11) is 0. The van der Waals surface area contributed by atoms with Crippen LogP contribution in [0.25, 0.3) is 11.5 Å². The van der Waals surface area contributed by atoms with Gasteiger partial charge in [-0.05, 0) is 24.3 Å². The summed E-state index contributed by atoms with van der Waals surface area (Å²) in [5.41, 5.74) is 5.52. The van der Waals surface area contributed by atoms with Crippen molar-refractivity contribution in [1.29, 1.82) is 0 Å². The third-order valence-corrected chi connectivity index (χ3v) is 1.77. The van der Waals surface area contributed by atoms with Crippen molar-refractivity contribution in [3.05, 3.63) is 46.9 Å². The quantitative estimate of drug-likeness (QED) is 0.731. The van der Waals surface area contributed by atoms with Crippen LogP contribution in [0.15, 0.2) is 45.7 Å². The van der Waals surface area contributed by atoms with E-state index >= 15 is 0 Å². The van der Waals surface area contributed by atoms with E-state index in [1.54, 1.807) is 24.4 Å². The average Bonchev–Trinajstić information content (AvgIpc) is 2.23. The van der Waals surface area contributed by atoms with E-state index in [0.717, 1.165) is 0 Å². The SMILES string of the molecule is Nc1ccc(-c2ccccn2)oc1=O. The Balaban J connectivity index is 2.54. The van der Waals surface area contributed by atoms with Gasteiger partial charge in [-0.25, -0.2) is 4.79 Å². The van der Waals surface area contributed by atoms with Crippen LogP contribution in [0.3, 0.4) is 0 Å². The number of pyridine rings is 1. The van der Waals surface area contributed by atoms with Gasteiger partial charge in [0, 0.05) is 6.20 Å². The molecule has 2 aromatic rings. The molecule has 0 radical (unpaired) electrons. The molecule has 0 atom stereocenters. The van der Waals surface area contributed by atoms with Crippen molar-refractivity contribution in [2.45, 2.75) is 0 Å². The van der Waals surface area contributed by atoms with Crippen molar-refractivity contribution in [1.82, 2.24) is 4.98 Å². The number of nitrogen functional groups attached to an aromatic ring is 1. The number of hydrogen-bond donors (Lipinski definition) is 1. The third kappa shape index (κ3) is 1.50. The van der Waals surface area contributed by atoms with Gasteiger partial charge in [-0.15, -0.1) is 0 Å². The summed E-state index contributed by atoms with van der Waals surface area (Å²) < 4.78 is 4.95. The molecule has 2 heterocycles. The number of anilines is 1. The number of rotatable bonds is 1. The summed E-state index contributed by atoms with van der Waals surface area (Å²) in [5, 5.41) is 0. The molecule has 0 bridgehead atoms. The Kier molecular flexibility index (Phi) is 2.02. The van der Waals surface area contributed by atoms with Gasteiger partial charge < -0.3 is 10.2 Å². The highest BCUT2D eigenvalue weighted by Crippen LogP contribution is 2.14. The highest BCUT2D eigenvalue weighted by molar-refractivity contribution is 5.52. The van der Waals surface area contributed by atoms with Crippen molar-refractivity contribution < 1.29 is 4.42 Å². The molecule has 4 heteroatoms. The fourth-order valence-corrected chi connectivity index (χ4v) is 1.07. The smallest absolute Gasteiger partial charge is 0.359 e. The van der Waals surface area contributed by atoms with Crippen LogP contribution in [0.4, 0.5) is 5.69 Å². The molecule has 0 amide bonds. The molecule has 0 saturated carbocycles. The molecule has 0 aliphatic carbocycles. The van der Waals surface area contributed by atoms with Crippen LogP contribution in [0.5, 0.6) is 0 Å². The Morgan fingerprint density at radius 3 is 2.71 bits per heavy atom. The number of nitrogens with two attached hydrogens (primary N) is 1. The first kappa shape index (κ1) is 8.50. The average molecular weight is 188 g/mol. The monoisotopic (exact) mass is 188 g/mol. The van der Waals surface area contributed by atoms with Crippen LogP contribution in [-0.4, -0.2) is 4.98 Å². The minimum atomic E-state index is -0.534. The zero-order valence-corrected chi connectivity index (χ0v) is 7.31. The van der Waals surface area contributed by atoms with E-state index in [1.165, 1.54) is 6.07 Å². The first-order valence-electron chi connectivity index (χ1n) is 4.08. The second-order valence-corrected chi connectivity index (χ2v) is 2.76. The lowest BCUT2D eigenvalue weighted by atomic mass is 10.2. The van der Waals surface area contributed by atoms with Crippen molar-refractivity contribution in [3.63, 3.8) is 0 Å². The van der Waals surface area contributed by atoms with Crippen LogP contribution < -0.4 is 11.4 Å². The Hall–Kier alpha value is -2.10. The lowest BCUT2D eigenvalue weighted by molar-refractivity contribution is 0.527. The van der Waals surface area contributed by atoms with E-state index in [4.69, 9.17) is 10.2 Å². The zero-order valence-electron chi connectivity index (χ0n) is 7.31. The van der Waals surface area contributed by atoms with Gasteiger partial charge >= 0.3 is 5.63 Å². The maximum absolute atomic E-state index is 11.1. The van der Waals surface area contributed by atoms with Gasteiger partial charge in [0.25, 0.3) is 0 Å². The molecule has 0 aliphatic heterocycles. The van der Waals surface area contributed by atoms with Crippen LogP contribution in [0.2, 0.25) is 0 Å². The second-order valence-electron chi connectivity index (χ2n) is 2.76. The lowest BCUT2D eigenvalue weighted by Gasteiger charge is -1.98. The molecule has 2 rings (SSSR count). The van der Waals surface area contributed by atoms with Crippen LogP contribution >= 0.6 is 0 Å². The van der Waals surface area contributed by atoms with Crippen LogP contribution in [0, 0.1) is 0 Å². The number of hydrogen-bond acceptors (Lipinski definition) is 4. The molecular formula is C10H8N2O2. The van der Waals surface area contributed by atoms with E-state index in [0.29, 0.717) is 11.5 Å². The van der Waals surface area contributed by atoms with E-state index in [2.05, 4.69) is 4.98 Å². The predicted octanol–water partition coefficient (Wildman–Crippen LogP) is 1.28. The molecule has 0 aliphatic rings. The van der Waals surface area contributed by atoms with Gasteiger partial charge in [-0.1, -0.05) is 6.07 Å². The molecule has 0 aromatic carbocycles. The molecule has 70 valence electrons. The third-order valence-electron chi connectivity index (χ3n) is 1.77. The summed E-state index contributed by atoms with van der Waals surface area (Å²) >= 11 is 0. The Bertz CT molecular complexity index is 491. The molecule has 0 fully saturated rings. The van der Waals surface area contributed by atoms with Crippen molar-refractivity contribution in [2.24, 2.45) is 0 Å². The van der Waals surface area contributed by atoms with Gasteiger partial charge in [-0.3, -0.25) is 4.98 Å². The standard InChI is InChI=1S/C10H8N2O2/c11-7-4-5-9(14-10(7)13)8-3-1-2-6-12-8/h1-6H,11H2. The normalized spacial score (nSPS) is 10.0. The Morgan fingerprint density at radius 1 is 1.21 bits per heavy atom. The first-order chi connectivity index (χ1) is 6.77. The molecule has 0 spiro atoms. The summed E-state index contributed by atoms with van der Waals surface area (Å²) in [6, 6.07) is 8.50. The minimum Gasteiger partial charge on any atom is -0.420 e. The van der Waals surface area contributed by atoms with Gasteiger partial charge in [0.05, 0.1) is 0 Å². The molecule has 0 unspecified atom stereocenters. The van der Waals surface area contributed by atoms with Gasteiger partial charge in [0.1, 0.15) is 11.4 Å². The summed E-state index contributed by atoms with van der Waals surface area (Å²) in [5.74, 6) is 0.421. The molecule has 2 aromatic heterocycles. The highest BCUT2D eigenvalue weighted by atomic mass is 16.4. The van der Waals surface area contributed by atoms with E-state index in [1.807, 2.05) is 6.07 Å². The second kappa shape index (κ2) is 3.33. The number of nitrogens with zero attached hydrogens (tertiary/aromatic N) is 1.